The van der Waals surface area contributed by atoms with Crippen LogP contribution >= 0.6 is 0 Å². The zero-order valence-corrected chi connectivity index (χ0v) is 12.1. The molecular weight excluding hydrogens is 269 g/mol. The molecule has 0 unspecified atom stereocenters. The van der Waals surface area contributed by atoms with Crippen molar-refractivity contribution < 1.29 is 9.18 Å². The summed E-state index contributed by atoms with van der Waals surface area (Å²) < 4.78 is 13.6. The first-order valence-corrected chi connectivity index (χ1v) is 7.38. The SMILES string of the molecule is N#Cc1ccc(CNCCC(=O)N2CCCCC2)c(F)c1. The van der Waals surface area contributed by atoms with Gasteiger partial charge in [0, 0.05) is 38.2 Å². The average molecular weight is 289 g/mol. The Morgan fingerprint density at radius 1 is 1.33 bits per heavy atom. The van der Waals surface area contributed by atoms with E-state index in [1.807, 2.05) is 11.0 Å². The number of hydrogen-bond donors (Lipinski definition) is 1. The standard InChI is InChI=1S/C16H20FN3O/c17-15-10-13(11-18)4-5-14(15)12-19-7-6-16(21)20-8-2-1-3-9-20/h4-5,10,19H,1-3,6-9,12H2. The molecule has 21 heavy (non-hydrogen) atoms. The highest BCUT2D eigenvalue weighted by Crippen LogP contribution is 2.11. The number of halogens is 1. The molecule has 0 radical (unpaired) electrons. The van der Waals surface area contributed by atoms with Crippen LogP contribution in [0.2, 0.25) is 0 Å². The number of benzene rings is 1. The number of carbonyl (C=O) groups is 1. The zero-order valence-electron chi connectivity index (χ0n) is 12.1. The van der Waals surface area contributed by atoms with E-state index in [2.05, 4.69) is 5.32 Å². The van der Waals surface area contributed by atoms with E-state index in [1.165, 1.54) is 12.5 Å². The van der Waals surface area contributed by atoms with Crippen LogP contribution in [0, 0.1) is 17.1 Å². The number of nitriles is 1. The van der Waals surface area contributed by atoms with Gasteiger partial charge in [0.15, 0.2) is 0 Å². The highest BCUT2D eigenvalue weighted by Gasteiger charge is 2.15. The summed E-state index contributed by atoms with van der Waals surface area (Å²) in [7, 11) is 0. The second-order valence-corrected chi connectivity index (χ2v) is 5.29. The van der Waals surface area contributed by atoms with Crippen molar-refractivity contribution in [3.63, 3.8) is 0 Å². The maximum absolute atomic E-state index is 13.6. The van der Waals surface area contributed by atoms with Gasteiger partial charge in [0.1, 0.15) is 5.82 Å². The van der Waals surface area contributed by atoms with E-state index in [9.17, 15) is 9.18 Å². The van der Waals surface area contributed by atoms with E-state index in [4.69, 9.17) is 5.26 Å². The lowest BCUT2D eigenvalue weighted by molar-refractivity contribution is -0.131. The summed E-state index contributed by atoms with van der Waals surface area (Å²) in [5.41, 5.74) is 0.830. The Labute approximate surface area is 124 Å². The molecule has 1 heterocycles. The largest absolute Gasteiger partial charge is 0.343 e. The third-order valence-corrected chi connectivity index (χ3v) is 3.72. The van der Waals surface area contributed by atoms with Gasteiger partial charge < -0.3 is 10.2 Å². The molecule has 2 rings (SSSR count). The van der Waals surface area contributed by atoms with Crippen LogP contribution in [-0.4, -0.2) is 30.4 Å². The summed E-state index contributed by atoms with van der Waals surface area (Å²) in [6, 6.07) is 6.34. The van der Waals surface area contributed by atoms with Crippen molar-refractivity contribution in [2.24, 2.45) is 0 Å². The molecule has 0 aromatic heterocycles. The first-order valence-electron chi connectivity index (χ1n) is 7.38. The molecular formula is C16H20FN3O. The summed E-state index contributed by atoms with van der Waals surface area (Å²) in [6.45, 7) is 2.63. The first-order chi connectivity index (χ1) is 10.2. The van der Waals surface area contributed by atoms with Crippen molar-refractivity contribution >= 4 is 5.91 Å². The molecule has 1 aromatic rings. The molecule has 0 saturated carbocycles. The number of hydrogen-bond acceptors (Lipinski definition) is 3. The molecule has 1 aliphatic rings. The van der Waals surface area contributed by atoms with Crippen molar-refractivity contribution in [3.8, 4) is 6.07 Å². The fourth-order valence-electron chi connectivity index (χ4n) is 2.48. The van der Waals surface area contributed by atoms with Crippen molar-refractivity contribution in [1.29, 1.82) is 5.26 Å². The van der Waals surface area contributed by atoms with E-state index >= 15 is 0 Å². The molecule has 0 atom stereocenters. The number of carbonyl (C=O) groups excluding carboxylic acids is 1. The average Bonchev–Trinajstić information content (AvgIpc) is 2.53. The van der Waals surface area contributed by atoms with Crippen LogP contribution in [0.15, 0.2) is 18.2 Å². The summed E-state index contributed by atoms with van der Waals surface area (Å²) in [5.74, 6) is -0.216. The van der Waals surface area contributed by atoms with Gasteiger partial charge in [-0.25, -0.2) is 4.39 Å². The summed E-state index contributed by atoms with van der Waals surface area (Å²) in [4.78, 5) is 13.8. The van der Waals surface area contributed by atoms with E-state index in [0.29, 0.717) is 30.6 Å². The Bertz CT molecular complexity index is 533. The van der Waals surface area contributed by atoms with Crippen LogP contribution in [0.5, 0.6) is 0 Å². The maximum Gasteiger partial charge on any atom is 0.223 e. The highest BCUT2D eigenvalue weighted by molar-refractivity contribution is 5.76. The Morgan fingerprint density at radius 2 is 2.10 bits per heavy atom. The Morgan fingerprint density at radius 3 is 2.76 bits per heavy atom. The van der Waals surface area contributed by atoms with Crippen LogP contribution in [0.3, 0.4) is 0 Å². The molecule has 112 valence electrons. The predicted octanol–water partition coefficient (Wildman–Crippen LogP) is 2.19. The summed E-state index contributed by atoms with van der Waals surface area (Å²) in [5, 5.41) is 11.8. The minimum absolute atomic E-state index is 0.169. The van der Waals surface area contributed by atoms with Crippen LogP contribution in [0.1, 0.15) is 36.8 Å². The topological polar surface area (TPSA) is 56.1 Å². The second-order valence-electron chi connectivity index (χ2n) is 5.29. The van der Waals surface area contributed by atoms with E-state index in [0.717, 1.165) is 25.9 Å². The van der Waals surface area contributed by atoms with Gasteiger partial charge in [0.25, 0.3) is 0 Å². The number of likely N-dealkylation sites (tertiary alicyclic amines) is 1. The second kappa shape index (κ2) is 7.75. The van der Waals surface area contributed by atoms with Gasteiger partial charge in [0.05, 0.1) is 11.6 Å². The van der Waals surface area contributed by atoms with Gasteiger partial charge in [-0.2, -0.15) is 5.26 Å². The van der Waals surface area contributed by atoms with Gasteiger partial charge in [-0.1, -0.05) is 6.07 Å². The normalized spacial score (nSPS) is 14.8. The molecule has 1 fully saturated rings. The zero-order chi connectivity index (χ0) is 15.1. The monoisotopic (exact) mass is 289 g/mol. The van der Waals surface area contributed by atoms with Crippen LogP contribution in [-0.2, 0) is 11.3 Å². The van der Waals surface area contributed by atoms with Crippen molar-refractivity contribution in [2.45, 2.75) is 32.2 Å². The van der Waals surface area contributed by atoms with Gasteiger partial charge in [0.2, 0.25) is 5.91 Å². The quantitative estimate of drug-likeness (QED) is 0.845. The smallest absolute Gasteiger partial charge is 0.223 e. The van der Waals surface area contributed by atoms with Gasteiger partial charge in [-0.05, 0) is 31.4 Å². The first kappa shape index (κ1) is 15.5. The number of piperidine rings is 1. The van der Waals surface area contributed by atoms with Gasteiger partial charge in [-0.3, -0.25) is 4.79 Å². The minimum atomic E-state index is -0.385. The van der Waals surface area contributed by atoms with Crippen molar-refractivity contribution in [1.82, 2.24) is 10.2 Å². The molecule has 5 heteroatoms. The molecule has 1 aliphatic heterocycles. The fourth-order valence-corrected chi connectivity index (χ4v) is 2.48. The number of rotatable bonds is 5. The summed E-state index contributed by atoms with van der Waals surface area (Å²) >= 11 is 0. The Balaban J connectivity index is 1.72. The van der Waals surface area contributed by atoms with Crippen molar-refractivity contribution in [2.75, 3.05) is 19.6 Å². The number of nitrogens with zero attached hydrogens (tertiary/aromatic N) is 2. The minimum Gasteiger partial charge on any atom is -0.343 e. The molecule has 0 spiro atoms. The molecule has 4 nitrogen and oxygen atoms in total. The number of nitrogens with one attached hydrogen (secondary N) is 1. The van der Waals surface area contributed by atoms with Crippen LogP contribution in [0.25, 0.3) is 0 Å². The van der Waals surface area contributed by atoms with Crippen LogP contribution < -0.4 is 5.32 Å². The molecule has 1 amide bonds. The Hall–Kier alpha value is -1.93. The van der Waals surface area contributed by atoms with Crippen molar-refractivity contribution in [3.05, 3.63) is 35.1 Å². The third-order valence-electron chi connectivity index (χ3n) is 3.72. The maximum atomic E-state index is 13.6. The fraction of sp³-hybridized carbons (Fsp3) is 0.500. The Kier molecular flexibility index (Phi) is 5.70. The predicted molar refractivity (Wildman–Crippen MR) is 77.9 cm³/mol. The van der Waals surface area contributed by atoms with E-state index in [-0.39, 0.29) is 11.7 Å². The summed E-state index contributed by atoms with van der Waals surface area (Å²) in [6.07, 6.45) is 3.84. The van der Waals surface area contributed by atoms with Gasteiger partial charge >= 0.3 is 0 Å². The number of amides is 1. The van der Waals surface area contributed by atoms with E-state index in [1.54, 1.807) is 12.1 Å². The highest BCUT2D eigenvalue weighted by atomic mass is 19.1. The van der Waals surface area contributed by atoms with E-state index < -0.39 is 0 Å². The van der Waals surface area contributed by atoms with Gasteiger partial charge in [-0.15, -0.1) is 0 Å². The molecule has 0 bridgehead atoms. The molecule has 1 aromatic carbocycles. The lowest BCUT2D eigenvalue weighted by Gasteiger charge is -2.26. The third kappa shape index (κ3) is 4.54. The molecule has 0 aliphatic carbocycles. The lowest BCUT2D eigenvalue weighted by Crippen LogP contribution is -2.37. The molecule has 1 N–H and O–H groups in total. The van der Waals surface area contributed by atoms with Crippen LogP contribution in [0.4, 0.5) is 4.39 Å². The lowest BCUT2D eigenvalue weighted by atomic mass is 10.1. The molecule has 1 saturated heterocycles.